The number of hydrogen-bond donors (Lipinski definition) is 0. The van der Waals surface area contributed by atoms with Crippen LogP contribution >= 0.6 is 0 Å². The van der Waals surface area contributed by atoms with Crippen molar-refractivity contribution in [3.05, 3.63) is 48.1 Å². The van der Waals surface area contributed by atoms with E-state index in [0.29, 0.717) is 11.4 Å². The Hall–Kier alpha value is -2.62. The number of rotatable bonds is 5. The fraction of sp³-hybridized carbons (Fsp3) is 0.286. The van der Waals surface area contributed by atoms with Gasteiger partial charge in [-0.3, -0.25) is 0 Å². The van der Waals surface area contributed by atoms with Crippen LogP contribution in [0.1, 0.15) is 23.9 Å². The van der Waals surface area contributed by atoms with Gasteiger partial charge >= 0.3 is 0 Å². The standard InChI is InChI=1S/C14H14FN5O3S/c1-9(13-18-16-8-20(13)2)24(21,22)7-12-17-19-14(23-12)10-4-3-5-11(15)6-10/h3-6,8-9H,7H2,1-2H3. The molecule has 1 unspecified atom stereocenters. The molecule has 0 spiro atoms. The van der Waals surface area contributed by atoms with Crippen molar-refractivity contribution < 1.29 is 17.2 Å². The predicted molar refractivity (Wildman–Crippen MR) is 81.7 cm³/mol. The summed E-state index contributed by atoms with van der Waals surface area (Å²) in [5, 5.41) is 14.1. The first-order valence-corrected chi connectivity index (χ1v) is 8.72. The smallest absolute Gasteiger partial charge is 0.247 e. The molecule has 1 aromatic carbocycles. The zero-order valence-corrected chi connectivity index (χ0v) is 13.7. The van der Waals surface area contributed by atoms with Gasteiger partial charge in [-0.25, -0.2) is 12.8 Å². The molecular weight excluding hydrogens is 337 g/mol. The van der Waals surface area contributed by atoms with Crippen LogP contribution < -0.4 is 0 Å². The van der Waals surface area contributed by atoms with Gasteiger partial charge < -0.3 is 8.98 Å². The van der Waals surface area contributed by atoms with E-state index in [1.807, 2.05) is 0 Å². The summed E-state index contributed by atoms with van der Waals surface area (Å²) < 4.78 is 45.1. The molecule has 126 valence electrons. The molecule has 0 aliphatic carbocycles. The maximum Gasteiger partial charge on any atom is 0.247 e. The number of aryl methyl sites for hydroxylation is 1. The van der Waals surface area contributed by atoms with Crippen LogP contribution in [0.4, 0.5) is 4.39 Å². The van der Waals surface area contributed by atoms with Crippen LogP contribution in [0.5, 0.6) is 0 Å². The largest absolute Gasteiger partial charge is 0.420 e. The number of aromatic nitrogens is 5. The molecule has 2 heterocycles. The molecule has 10 heteroatoms. The number of sulfone groups is 1. The molecule has 0 saturated carbocycles. The van der Waals surface area contributed by atoms with E-state index >= 15 is 0 Å². The van der Waals surface area contributed by atoms with Gasteiger partial charge in [-0.1, -0.05) is 6.07 Å². The first-order valence-electron chi connectivity index (χ1n) is 7.00. The Morgan fingerprint density at radius 3 is 2.75 bits per heavy atom. The lowest BCUT2D eigenvalue weighted by Gasteiger charge is -2.10. The van der Waals surface area contributed by atoms with Gasteiger partial charge in [-0.15, -0.1) is 20.4 Å². The highest BCUT2D eigenvalue weighted by Gasteiger charge is 2.29. The summed E-state index contributed by atoms with van der Waals surface area (Å²) in [4.78, 5) is 0. The Balaban J connectivity index is 1.82. The zero-order valence-electron chi connectivity index (χ0n) is 12.9. The molecule has 0 saturated heterocycles. The number of hydrogen-bond acceptors (Lipinski definition) is 7. The van der Waals surface area contributed by atoms with Gasteiger partial charge in [-0.2, -0.15) is 0 Å². The Morgan fingerprint density at radius 2 is 2.08 bits per heavy atom. The van der Waals surface area contributed by atoms with Crippen molar-refractivity contribution in [2.24, 2.45) is 7.05 Å². The molecule has 24 heavy (non-hydrogen) atoms. The summed E-state index contributed by atoms with van der Waals surface area (Å²) >= 11 is 0. The molecule has 0 aliphatic rings. The van der Waals surface area contributed by atoms with Crippen LogP contribution in [-0.2, 0) is 22.6 Å². The van der Waals surface area contributed by atoms with Gasteiger partial charge in [0.2, 0.25) is 11.8 Å². The predicted octanol–water partition coefficient (Wildman–Crippen LogP) is 1.68. The van der Waals surface area contributed by atoms with Gasteiger partial charge in [0.05, 0.1) is 0 Å². The van der Waals surface area contributed by atoms with E-state index < -0.39 is 26.7 Å². The molecule has 0 bridgehead atoms. The SMILES string of the molecule is CC(c1nncn1C)S(=O)(=O)Cc1nnc(-c2cccc(F)c2)o1. The normalized spacial score (nSPS) is 13.1. The van der Waals surface area contributed by atoms with Crippen LogP contribution in [0.3, 0.4) is 0 Å². The highest BCUT2D eigenvalue weighted by Crippen LogP contribution is 2.24. The van der Waals surface area contributed by atoms with E-state index in [4.69, 9.17) is 4.42 Å². The van der Waals surface area contributed by atoms with Gasteiger partial charge in [0.1, 0.15) is 23.1 Å². The summed E-state index contributed by atoms with van der Waals surface area (Å²) in [6.45, 7) is 1.52. The van der Waals surface area contributed by atoms with E-state index in [9.17, 15) is 12.8 Å². The molecule has 8 nitrogen and oxygen atoms in total. The van der Waals surface area contributed by atoms with Crippen molar-refractivity contribution in [1.29, 1.82) is 0 Å². The monoisotopic (exact) mass is 351 g/mol. The average Bonchev–Trinajstić information content (AvgIpc) is 3.15. The van der Waals surface area contributed by atoms with Crippen LogP contribution in [0, 0.1) is 5.82 Å². The van der Waals surface area contributed by atoms with E-state index in [0.717, 1.165) is 0 Å². The minimum absolute atomic E-state index is 0.0611. The van der Waals surface area contributed by atoms with Gasteiger partial charge in [-0.05, 0) is 25.1 Å². The summed E-state index contributed by atoms with van der Waals surface area (Å²) in [6, 6.07) is 5.61. The molecule has 0 radical (unpaired) electrons. The average molecular weight is 351 g/mol. The van der Waals surface area contributed by atoms with E-state index in [1.54, 1.807) is 13.1 Å². The lowest BCUT2D eigenvalue weighted by atomic mass is 10.2. The first kappa shape index (κ1) is 16.2. The molecule has 0 amide bonds. The third kappa shape index (κ3) is 3.18. The van der Waals surface area contributed by atoms with Gasteiger partial charge in [0, 0.05) is 12.6 Å². The molecule has 3 aromatic rings. The molecule has 0 N–H and O–H groups in total. The molecule has 3 rings (SSSR count). The molecule has 2 aromatic heterocycles. The quantitative estimate of drug-likeness (QED) is 0.689. The highest BCUT2D eigenvalue weighted by molar-refractivity contribution is 7.90. The second-order valence-corrected chi connectivity index (χ2v) is 7.58. The zero-order chi connectivity index (χ0) is 17.3. The van der Waals surface area contributed by atoms with E-state index in [2.05, 4.69) is 20.4 Å². The maximum absolute atomic E-state index is 13.2. The fourth-order valence-electron chi connectivity index (χ4n) is 2.17. The number of benzene rings is 1. The summed E-state index contributed by atoms with van der Waals surface area (Å²) in [5.41, 5.74) is 0.382. The Labute approximate surface area is 137 Å². The number of nitrogens with zero attached hydrogens (tertiary/aromatic N) is 5. The molecule has 0 fully saturated rings. The van der Waals surface area contributed by atoms with Crippen LogP contribution in [0.2, 0.25) is 0 Å². The third-order valence-electron chi connectivity index (χ3n) is 3.51. The second kappa shape index (κ2) is 6.11. The van der Waals surface area contributed by atoms with Crippen molar-refractivity contribution in [3.63, 3.8) is 0 Å². The maximum atomic E-state index is 13.2. The van der Waals surface area contributed by atoms with Crippen LogP contribution in [0.15, 0.2) is 35.0 Å². The van der Waals surface area contributed by atoms with Crippen molar-refractivity contribution in [2.45, 2.75) is 17.9 Å². The Bertz CT molecular complexity index is 966. The van der Waals surface area contributed by atoms with Crippen molar-refractivity contribution in [2.75, 3.05) is 0 Å². The van der Waals surface area contributed by atoms with Crippen molar-refractivity contribution in [1.82, 2.24) is 25.0 Å². The summed E-state index contributed by atoms with van der Waals surface area (Å²) in [5.74, 6) is -0.575. The molecule has 0 aliphatic heterocycles. The van der Waals surface area contributed by atoms with E-state index in [-0.39, 0.29) is 11.8 Å². The summed E-state index contributed by atoms with van der Waals surface area (Å²) in [7, 11) is -1.97. The Morgan fingerprint density at radius 1 is 1.29 bits per heavy atom. The summed E-state index contributed by atoms with van der Waals surface area (Å²) in [6.07, 6.45) is 1.43. The topological polar surface area (TPSA) is 104 Å². The third-order valence-corrected chi connectivity index (χ3v) is 5.45. The Kier molecular flexibility index (Phi) is 4.14. The van der Waals surface area contributed by atoms with Crippen LogP contribution in [-0.4, -0.2) is 33.4 Å². The highest BCUT2D eigenvalue weighted by atomic mass is 32.2. The van der Waals surface area contributed by atoms with Gasteiger partial charge in [0.15, 0.2) is 15.7 Å². The molecular formula is C14H14FN5O3S. The van der Waals surface area contributed by atoms with Crippen molar-refractivity contribution >= 4 is 9.84 Å². The number of halogens is 1. The lowest BCUT2D eigenvalue weighted by molar-refractivity contribution is 0.514. The minimum Gasteiger partial charge on any atom is -0.420 e. The molecule has 1 atom stereocenters. The lowest BCUT2D eigenvalue weighted by Crippen LogP contribution is -2.16. The fourth-order valence-corrected chi connectivity index (χ4v) is 3.41. The minimum atomic E-state index is -3.63. The second-order valence-electron chi connectivity index (χ2n) is 5.26. The first-order chi connectivity index (χ1) is 11.4. The van der Waals surface area contributed by atoms with Crippen LogP contribution in [0.25, 0.3) is 11.5 Å². The van der Waals surface area contributed by atoms with Crippen molar-refractivity contribution in [3.8, 4) is 11.5 Å². The van der Waals surface area contributed by atoms with Gasteiger partial charge in [0.25, 0.3) is 0 Å². The van der Waals surface area contributed by atoms with E-state index in [1.165, 1.54) is 36.0 Å².